The molecule has 0 N–H and O–H groups in total. The van der Waals surface area contributed by atoms with E-state index in [2.05, 4.69) is 0 Å². The number of ether oxygens (including phenoxy) is 1. The first-order valence-corrected chi connectivity index (χ1v) is 10.4. The zero-order valence-electron chi connectivity index (χ0n) is 16.7. The third-order valence-electron chi connectivity index (χ3n) is 5.18. The van der Waals surface area contributed by atoms with Gasteiger partial charge in [0.15, 0.2) is 0 Å². The van der Waals surface area contributed by atoms with Crippen LogP contribution < -0.4 is 4.74 Å². The molecule has 3 rings (SSSR count). The molecule has 2 heterocycles. The molecule has 1 aromatic carbocycles. The van der Waals surface area contributed by atoms with Crippen LogP contribution in [0.5, 0.6) is 5.75 Å². The van der Waals surface area contributed by atoms with Crippen LogP contribution in [0.25, 0.3) is 0 Å². The van der Waals surface area contributed by atoms with E-state index in [1.807, 2.05) is 36.1 Å². The minimum Gasteiger partial charge on any atom is -0.492 e. The summed E-state index contributed by atoms with van der Waals surface area (Å²) in [6.45, 7) is 4.38. The highest BCUT2D eigenvalue weighted by Gasteiger charge is 2.30. The van der Waals surface area contributed by atoms with Crippen LogP contribution in [0.3, 0.4) is 0 Å². The number of benzene rings is 1. The fraction of sp³-hybridized carbons (Fsp3) is 0.455. The Balaban J connectivity index is 1.58. The van der Waals surface area contributed by atoms with Crippen LogP contribution in [0.1, 0.15) is 31.9 Å². The van der Waals surface area contributed by atoms with Crippen LogP contribution in [0.4, 0.5) is 0 Å². The van der Waals surface area contributed by atoms with Gasteiger partial charge in [-0.3, -0.25) is 9.59 Å². The van der Waals surface area contributed by atoms with Crippen LogP contribution in [-0.2, 0) is 16.1 Å². The summed E-state index contributed by atoms with van der Waals surface area (Å²) in [6.07, 6.45) is 3.50. The highest BCUT2D eigenvalue weighted by atomic mass is 35.5. The van der Waals surface area contributed by atoms with E-state index in [4.69, 9.17) is 20.8 Å². The summed E-state index contributed by atoms with van der Waals surface area (Å²) in [7, 11) is 0. The molecule has 0 saturated carbocycles. The highest BCUT2D eigenvalue weighted by molar-refractivity contribution is 6.30. The van der Waals surface area contributed by atoms with Crippen LogP contribution in [0, 0.1) is 5.92 Å². The van der Waals surface area contributed by atoms with Crippen molar-refractivity contribution in [3.63, 3.8) is 0 Å². The van der Waals surface area contributed by atoms with E-state index < -0.39 is 0 Å². The van der Waals surface area contributed by atoms with Gasteiger partial charge in [0, 0.05) is 30.5 Å². The lowest BCUT2D eigenvalue weighted by atomic mass is 9.95. The summed E-state index contributed by atoms with van der Waals surface area (Å²) >= 11 is 5.90. The quantitative estimate of drug-likeness (QED) is 0.650. The Bertz CT molecular complexity index is 784. The van der Waals surface area contributed by atoms with Crippen molar-refractivity contribution in [2.75, 3.05) is 26.2 Å². The molecule has 1 aromatic heterocycles. The van der Waals surface area contributed by atoms with Crippen molar-refractivity contribution in [3.05, 3.63) is 53.4 Å². The van der Waals surface area contributed by atoms with E-state index in [-0.39, 0.29) is 17.7 Å². The van der Waals surface area contributed by atoms with Gasteiger partial charge in [-0.2, -0.15) is 0 Å². The van der Waals surface area contributed by atoms with Gasteiger partial charge in [-0.05, 0) is 49.2 Å². The second-order valence-electron chi connectivity index (χ2n) is 7.15. The summed E-state index contributed by atoms with van der Waals surface area (Å²) in [5.41, 5.74) is 0. The number of carbonyl (C=O) groups excluding carboxylic acids is 2. The number of carbonyl (C=O) groups is 2. The van der Waals surface area contributed by atoms with E-state index in [0.29, 0.717) is 62.8 Å². The van der Waals surface area contributed by atoms with Crippen molar-refractivity contribution >= 4 is 23.4 Å². The van der Waals surface area contributed by atoms with Crippen molar-refractivity contribution in [1.82, 2.24) is 9.80 Å². The third kappa shape index (κ3) is 6.00. The highest BCUT2D eigenvalue weighted by Crippen LogP contribution is 2.22. The molecule has 156 valence electrons. The fourth-order valence-corrected chi connectivity index (χ4v) is 3.65. The monoisotopic (exact) mass is 418 g/mol. The van der Waals surface area contributed by atoms with Crippen molar-refractivity contribution in [2.45, 2.75) is 32.7 Å². The number of furan rings is 1. The van der Waals surface area contributed by atoms with Crippen molar-refractivity contribution in [3.8, 4) is 5.75 Å². The van der Waals surface area contributed by atoms with Crippen LogP contribution in [0.2, 0.25) is 5.02 Å². The number of hydrogen-bond acceptors (Lipinski definition) is 4. The average Bonchev–Trinajstić information content (AvgIpc) is 3.26. The van der Waals surface area contributed by atoms with Gasteiger partial charge in [0.1, 0.15) is 18.1 Å². The molecule has 0 aliphatic carbocycles. The maximum absolute atomic E-state index is 13.2. The van der Waals surface area contributed by atoms with Gasteiger partial charge in [-0.1, -0.05) is 18.5 Å². The van der Waals surface area contributed by atoms with Gasteiger partial charge in [0.2, 0.25) is 11.8 Å². The second-order valence-corrected chi connectivity index (χ2v) is 7.59. The van der Waals surface area contributed by atoms with E-state index in [9.17, 15) is 9.59 Å². The minimum absolute atomic E-state index is 0.0820. The fourth-order valence-electron chi connectivity index (χ4n) is 3.52. The molecule has 2 aromatic rings. The van der Waals surface area contributed by atoms with Crippen LogP contribution in [0.15, 0.2) is 47.1 Å². The van der Waals surface area contributed by atoms with Crippen molar-refractivity contribution in [1.29, 1.82) is 0 Å². The Morgan fingerprint density at radius 2 is 1.93 bits per heavy atom. The Labute approximate surface area is 176 Å². The molecule has 0 bridgehead atoms. The Kier molecular flexibility index (Phi) is 7.58. The predicted octanol–water partition coefficient (Wildman–Crippen LogP) is 3.99. The molecule has 0 radical (unpaired) electrons. The van der Waals surface area contributed by atoms with Gasteiger partial charge in [-0.25, -0.2) is 0 Å². The summed E-state index contributed by atoms with van der Waals surface area (Å²) < 4.78 is 11.2. The molecule has 2 amide bonds. The number of likely N-dealkylation sites (tertiary alicyclic amines) is 1. The van der Waals surface area contributed by atoms with Gasteiger partial charge >= 0.3 is 0 Å². The largest absolute Gasteiger partial charge is 0.492 e. The van der Waals surface area contributed by atoms with Gasteiger partial charge in [-0.15, -0.1) is 0 Å². The lowest BCUT2D eigenvalue weighted by Gasteiger charge is -2.34. The number of rotatable bonds is 8. The van der Waals surface area contributed by atoms with Crippen molar-refractivity contribution < 1.29 is 18.7 Å². The number of nitrogens with zero attached hydrogens (tertiary/aromatic N) is 2. The molecule has 1 saturated heterocycles. The van der Waals surface area contributed by atoms with Gasteiger partial charge in [0.25, 0.3) is 0 Å². The van der Waals surface area contributed by atoms with E-state index in [0.717, 1.165) is 5.76 Å². The SMILES string of the molecule is CCC(=O)N1CCC(C(=O)N(CCOc2ccc(Cl)cc2)Cc2ccco2)CC1. The molecule has 1 aliphatic rings. The molecule has 0 unspecified atom stereocenters. The number of piperidine rings is 1. The zero-order valence-corrected chi connectivity index (χ0v) is 17.4. The lowest BCUT2D eigenvalue weighted by molar-refractivity contribution is -0.141. The molecule has 29 heavy (non-hydrogen) atoms. The van der Waals surface area contributed by atoms with Gasteiger partial charge in [0.05, 0.1) is 19.4 Å². The standard InChI is InChI=1S/C22H27ClN2O4/c1-2-21(26)24-11-9-17(10-12-24)22(27)25(16-20-4-3-14-28-20)13-15-29-19-7-5-18(23)6-8-19/h3-8,14,17H,2,9-13,15-16H2,1H3. The maximum atomic E-state index is 13.2. The first-order valence-electron chi connectivity index (χ1n) is 10.0. The molecule has 6 nitrogen and oxygen atoms in total. The Morgan fingerprint density at radius 3 is 2.55 bits per heavy atom. The van der Waals surface area contributed by atoms with Crippen molar-refractivity contribution in [2.24, 2.45) is 5.92 Å². The number of amides is 2. The first kappa shape index (κ1) is 21.2. The molecule has 1 aliphatic heterocycles. The zero-order chi connectivity index (χ0) is 20.6. The Morgan fingerprint density at radius 1 is 1.21 bits per heavy atom. The number of hydrogen-bond donors (Lipinski definition) is 0. The second kappa shape index (κ2) is 10.3. The normalized spacial score (nSPS) is 14.6. The van der Waals surface area contributed by atoms with Crippen LogP contribution >= 0.6 is 11.6 Å². The summed E-state index contributed by atoms with van der Waals surface area (Å²) in [5.74, 6) is 1.61. The molecular formula is C22H27ClN2O4. The van der Waals surface area contributed by atoms with E-state index >= 15 is 0 Å². The smallest absolute Gasteiger partial charge is 0.226 e. The summed E-state index contributed by atoms with van der Waals surface area (Å²) in [4.78, 5) is 28.7. The predicted molar refractivity (Wildman–Crippen MR) is 111 cm³/mol. The lowest BCUT2D eigenvalue weighted by Crippen LogP contribution is -2.45. The summed E-state index contributed by atoms with van der Waals surface area (Å²) in [6, 6.07) is 10.8. The molecule has 1 fully saturated rings. The maximum Gasteiger partial charge on any atom is 0.226 e. The van der Waals surface area contributed by atoms with Crippen LogP contribution in [-0.4, -0.2) is 47.9 Å². The minimum atomic E-state index is -0.0820. The molecule has 7 heteroatoms. The average molecular weight is 419 g/mol. The third-order valence-corrected chi connectivity index (χ3v) is 5.43. The molecular weight excluding hydrogens is 392 g/mol. The number of halogens is 1. The summed E-state index contributed by atoms with van der Waals surface area (Å²) in [5, 5.41) is 0.653. The van der Waals surface area contributed by atoms with E-state index in [1.54, 1.807) is 23.3 Å². The van der Waals surface area contributed by atoms with E-state index in [1.165, 1.54) is 0 Å². The van der Waals surface area contributed by atoms with Gasteiger partial charge < -0.3 is 19.0 Å². The topological polar surface area (TPSA) is 63.0 Å². The molecule has 0 atom stereocenters. The first-order chi connectivity index (χ1) is 14.1. The Hall–Kier alpha value is -2.47. The molecule has 0 spiro atoms.